The van der Waals surface area contributed by atoms with Crippen LogP contribution in [0.15, 0.2) is 43.1 Å². The molecular weight excluding hydrogens is 554 g/mol. The average Bonchev–Trinajstić information content (AvgIpc) is 3.53. The van der Waals surface area contributed by atoms with Crippen molar-refractivity contribution in [3.63, 3.8) is 0 Å². The third kappa shape index (κ3) is 5.31. The van der Waals surface area contributed by atoms with E-state index in [2.05, 4.69) is 37.1 Å². The van der Waals surface area contributed by atoms with Gasteiger partial charge in [-0.3, -0.25) is 4.79 Å². The first-order chi connectivity index (χ1) is 19.7. The molecule has 0 unspecified atom stereocenters. The Morgan fingerprint density at radius 3 is 2.46 bits per heavy atom. The fourth-order valence-corrected chi connectivity index (χ4v) is 6.64. The number of carbonyl (C=O) groups excluding carboxylic acids is 1. The number of nitrogens with zero attached hydrogens (tertiary/aromatic N) is 7. The monoisotopic (exact) mass is 582 g/mol. The molecule has 14 heteroatoms. The molecule has 0 radical (unpaired) electrons. The zero-order chi connectivity index (χ0) is 28.7. The Balaban J connectivity index is 1.19. The minimum Gasteiger partial charge on any atom is -0.341 e. The van der Waals surface area contributed by atoms with Crippen molar-refractivity contribution in [2.24, 2.45) is 0 Å². The van der Waals surface area contributed by atoms with Crippen LogP contribution < -0.4 is 10.2 Å². The summed E-state index contributed by atoms with van der Waals surface area (Å²) in [7, 11) is -3.32. The van der Waals surface area contributed by atoms with Crippen LogP contribution in [0.2, 0.25) is 0 Å². The maximum Gasteiger partial charge on any atom is 0.254 e. The largest absolute Gasteiger partial charge is 0.341 e. The van der Waals surface area contributed by atoms with Crippen molar-refractivity contribution in [3.05, 3.63) is 65.9 Å². The molecule has 5 heterocycles. The molecule has 0 saturated carbocycles. The molecule has 3 aromatic heterocycles. The Bertz CT molecular complexity index is 1720. The maximum atomic E-state index is 15.3. The second-order valence-corrected chi connectivity index (χ2v) is 12.4. The molecule has 11 nitrogen and oxygen atoms in total. The van der Waals surface area contributed by atoms with Crippen LogP contribution in [0.5, 0.6) is 0 Å². The van der Waals surface area contributed by atoms with Crippen molar-refractivity contribution >= 4 is 44.2 Å². The molecule has 4 aromatic rings. The Hall–Kier alpha value is -4.20. The summed E-state index contributed by atoms with van der Waals surface area (Å²) in [6.45, 7) is 3.52. The van der Waals surface area contributed by atoms with Gasteiger partial charge in [-0.15, -0.1) is 0 Å². The van der Waals surface area contributed by atoms with Gasteiger partial charge in [0.25, 0.3) is 5.91 Å². The van der Waals surface area contributed by atoms with Crippen molar-refractivity contribution in [1.29, 1.82) is 0 Å². The summed E-state index contributed by atoms with van der Waals surface area (Å²) in [5, 5.41) is 2.97. The second-order valence-electron chi connectivity index (χ2n) is 10.2. The number of amides is 1. The fourth-order valence-electron chi connectivity index (χ4n) is 5.29. The lowest BCUT2D eigenvalue weighted by Gasteiger charge is -2.32. The lowest BCUT2D eigenvalue weighted by molar-refractivity contribution is 0.0801. The molecule has 214 valence electrons. The predicted octanol–water partition coefficient (Wildman–Crippen LogP) is 3.48. The molecule has 1 amide bonds. The first-order valence-corrected chi connectivity index (χ1v) is 15.2. The van der Waals surface area contributed by atoms with Gasteiger partial charge in [0.15, 0.2) is 15.7 Å². The van der Waals surface area contributed by atoms with Gasteiger partial charge < -0.3 is 19.7 Å². The molecule has 6 rings (SSSR count). The molecule has 2 fully saturated rings. The van der Waals surface area contributed by atoms with Gasteiger partial charge in [-0.2, -0.15) is 0 Å². The Morgan fingerprint density at radius 2 is 1.80 bits per heavy atom. The van der Waals surface area contributed by atoms with Gasteiger partial charge in [0, 0.05) is 49.8 Å². The minimum absolute atomic E-state index is 0.00708. The molecule has 0 atom stereocenters. The molecule has 0 bridgehead atoms. The van der Waals surface area contributed by atoms with Crippen LogP contribution in [0.1, 0.15) is 41.7 Å². The molecular formula is C27H28F2N8O3S. The van der Waals surface area contributed by atoms with Crippen LogP contribution in [0.4, 0.5) is 26.2 Å². The van der Waals surface area contributed by atoms with Crippen LogP contribution >= 0.6 is 0 Å². The quantitative estimate of drug-likeness (QED) is 0.364. The summed E-state index contributed by atoms with van der Waals surface area (Å²) in [4.78, 5) is 33.4. The van der Waals surface area contributed by atoms with Crippen LogP contribution in [0.3, 0.4) is 0 Å². The topological polar surface area (TPSA) is 126 Å². The zero-order valence-corrected chi connectivity index (χ0v) is 23.1. The van der Waals surface area contributed by atoms with Crippen molar-refractivity contribution in [2.45, 2.75) is 32.2 Å². The van der Waals surface area contributed by atoms with E-state index >= 15 is 8.78 Å². The van der Waals surface area contributed by atoms with Crippen molar-refractivity contribution in [2.75, 3.05) is 41.5 Å². The zero-order valence-electron chi connectivity index (χ0n) is 22.3. The highest BCUT2D eigenvalue weighted by molar-refractivity contribution is 7.91. The van der Waals surface area contributed by atoms with Gasteiger partial charge in [0.1, 0.15) is 29.5 Å². The van der Waals surface area contributed by atoms with Crippen LogP contribution in [-0.4, -0.2) is 75.0 Å². The van der Waals surface area contributed by atoms with E-state index in [9.17, 15) is 13.2 Å². The smallest absolute Gasteiger partial charge is 0.254 e. The summed E-state index contributed by atoms with van der Waals surface area (Å²) in [6.07, 6.45) is 8.71. The molecule has 2 saturated heterocycles. The number of rotatable bonds is 6. The first kappa shape index (κ1) is 27.0. The molecule has 2 aliphatic rings. The van der Waals surface area contributed by atoms with E-state index in [1.165, 1.54) is 29.6 Å². The van der Waals surface area contributed by atoms with Crippen LogP contribution in [0, 0.1) is 11.6 Å². The number of carbonyl (C=O) groups is 1. The predicted molar refractivity (Wildman–Crippen MR) is 149 cm³/mol. The standard InChI is InChI=1S/C27H28F2N8O3S/c1-2-17-12-30-27(31-13-17)35-7-5-19(6-8-35)37-14-21(29)23-24(32-15-33-25(23)37)34-22-4-3-18(11-20(22)28)26(38)36-9-10-41(39,40)16-36/h3-4,11-15,19H,2,5-10,16H2,1H3,(H,32,33,34). The lowest BCUT2D eigenvalue weighted by Crippen LogP contribution is -2.35. The molecule has 0 aliphatic carbocycles. The molecule has 1 N–H and O–H groups in total. The average molecular weight is 583 g/mol. The van der Waals surface area contributed by atoms with Crippen molar-refractivity contribution in [3.8, 4) is 0 Å². The fraction of sp³-hybridized carbons (Fsp3) is 0.370. The summed E-state index contributed by atoms with van der Waals surface area (Å²) in [5.74, 6) is -1.59. The Morgan fingerprint density at radius 1 is 1.05 bits per heavy atom. The van der Waals surface area contributed by atoms with Gasteiger partial charge in [-0.25, -0.2) is 37.1 Å². The molecule has 0 spiro atoms. The van der Waals surface area contributed by atoms with E-state index in [1.54, 1.807) is 4.57 Å². The number of sulfone groups is 1. The molecule has 2 aliphatic heterocycles. The summed E-state index contributed by atoms with van der Waals surface area (Å²) in [5.41, 5.74) is 1.48. The minimum atomic E-state index is -3.32. The van der Waals surface area contributed by atoms with E-state index in [-0.39, 0.29) is 46.7 Å². The maximum absolute atomic E-state index is 15.3. The Labute approximate surface area is 235 Å². The third-order valence-electron chi connectivity index (χ3n) is 7.58. The number of hydrogen-bond donors (Lipinski definition) is 1. The Kier molecular flexibility index (Phi) is 7.01. The molecule has 1 aromatic carbocycles. The van der Waals surface area contributed by atoms with Gasteiger partial charge >= 0.3 is 0 Å². The van der Waals surface area contributed by atoms with E-state index in [1.807, 2.05) is 12.4 Å². The van der Waals surface area contributed by atoms with Gasteiger partial charge in [-0.1, -0.05) is 6.92 Å². The number of hydrogen-bond acceptors (Lipinski definition) is 9. The van der Waals surface area contributed by atoms with E-state index in [0.29, 0.717) is 24.7 Å². The number of piperidine rings is 1. The third-order valence-corrected chi connectivity index (χ3v) is 9.09. The number of benzene rings is 1. The van der Waals surface area contributed by atoms with E-state index < -0.39 is 27.4 Å². The summed E-state index contributed by atoms with van der Waals surface area (Å²) in [6, 6.07) is 3.77. The second kappa shape index (κ2) is 10.7. The van der Waals surface area contributed by atoms with Gasteiger partial charge in [-0.05, 0) is 43.0 Å². The van der Waals surface area contributed by atoms with E-state index in [0.717, 1.165) is 30.9 Å². The number of aryl methyl sites for hydroxylation is 1. The number of halogens is 2. The molecule has 41 heavy (non-hydrogen) atoms. The van der Waals surface area contributed by atoms with Crippen molar-refractivity contribution in [1.82, 2.24) is 29.4 Å². The van der Waals surface area contributed by atoms with Gasteiger partial charge in [0.2, 0.25) is 5.95 Å². The first-order valence-electron chi connectivity index (χ1n) is 13.4. The highest BCUT2D eigenvalue weighted by Gasteiger charge is 2.30. The van der Waals surface area contributed by atoms with Crippen LogP contribution in [-0.2, 0) is 16.3 Å². The highest BCUT2D eigenvalue weighted by Crippen LogP contribution is 2.33. The SMILES string of the molecule is CCc1cnc(N2CCC(n3cc(F)c4c(Nc5ccc(C(=O)N6CCS(=O)(=O)C6)cc5F)ncnc43)CC2)nc1. The van der Waals surface area contributed by atoms with Crippen molar-refractivity contribution < 1.29 is 22.0 Å². The van der Waals surface area contributed by atoms with Gasteiger partial charge in [0.05, 0.1) is 16.8 Å². The summed E-state index contributed by atoms with van der Waals surface area (Å²) < 4.78 is 55.5. The highest BCUT2D eigenvalue weighted by atomic mass is 32.2. The number of fused-ring (bicyclic) bond motifs is 1. The van der Waals surface area contributed by atoms with E-state index in [4.69, 9.17) is 0 Å². The summed E-state index contributed by atoms with van der Waals surface area (Å²) >= 11 is 0. The normalized spacial score (nSPS) is 17.3. The number of nitrogens with one attached hydrogen (secondary N) is 1. The lowest BCUT2D eigenvalue weighted by atomic mass is 10.1. The number of anilines is 3. The number of aromatic nitrogens is 5. The van der Waals surface area contributed by atoms with Crippen LogP contribution in [0.25, 0.3) is 11.0 Å².